The lowest BCUT2D eigenvalue weighted by Gasteiger charge is -2.15. The van der Waals surface area contributed by atoms with Crippen LogP contribution in [0.1, 0.15) is 34.3 Å². The molecule has 0 unspecified atom stereocenters. The van der Waals surface area contributed by atoms with Gasteiger partial charge >= 0.3 is 11.9 Å². The van der Waals surface area contributed by atoms with Crippen molar-refractivity contribution in [2.75, 3.05) is 16.8 Å². The minimum absolute atomic E-state index is 0.117. The van der Waals surface area contributed by atoms with Gasteiger partial charge in [-0.1, -0.05) is 6.07 Å². The number of carboxylic acids is 2. The molecule has 0 aliphatic rings. The standard InChI is InChI=1S/C22H24N6O5/c1-11-13(4-7-16-19(11)20(23)28-22(24)27-16)10-25-14-5-2-12(3-6-14)21(33)26-15(8-17(29)30)9-18(31)32/h2-7,15,25H,8-10H2,1H3,(H,26,33)(H,29,30)(H,31,32)(H4,23,24,27,28). The van der Waals surface area contributed by atoms with Crippen molar-refractivity contribution >= 4 is 46.2 Å². The molecule has 2 aromatic carbocycles. The smallest absolute Gasteiger partial charge is 0.305 e. The molecule has 0 aliphatic carbocycles. The zero-order valence-electron chi connectivity index (χ0n) is 17.8. The summed E-state index contributed by atoms with van der Waals surface area (Å²) >= 11 is 0. The van der Waals surface area contributed by atoms with Crippen LogP contribution >= 0.6 is 0 Å². The van der Waals surface area contributed by atoms with Gasteiger partial charge in [0.1, 0.15) is 5.82 Å². The van der Waals surface area contributed by atoms with Crippen LogP contribution in [0.25, 0.3) is 10.9 Å². The highest BCUT2D eigenvalue weighted by molar-refractivity contribution is 5.95. The summed E-state index contributed by atoms with van der Waals surface area (Å²) in [7, 11) is 0. The topological polar surface area (TPSA) is 194 Å². The molecule has 172 valence electrons. The van der Waals surface area contributed by atoms with E-state index in [0.717, 1.165) is 22.2 Å². The van der Waals surface area contributed by atoms with Crippen LogP contribution in [-0.4, -0.2) is 44.1 Å². The average molecular weight is 452 g/mol. The molecule has 3 rings (SSSR count). The Labute approximate surface area is 188 Å². The van der Waals surface area contributed by atoms with Gasteiger partial charge in [0.2, 0.25) is 5.95 Å². The van der Waals surface area contributed by atoms with Gasteiger partial charge in [0.15, 0.2) is 0 Å². The number of benzene rings is 2. The number of anilines is 3. The number of amides is 1. The molecule has 0 radical (unpaired) electrons. The molecule has 0 atom stereocenters. The number of aryl methyl sites for hydroxylation is 1. The zero-order valence-corrected chi connectivity index (χ0v) is 17.8. The maximum absolute atomic E-state index is 12.4. The normalized spacial score (nSPS) is 10.8. The van der Waals surface area contributed by atoms with Crippen LogP contribution in [0.5, 0.6) is 0 Å². The van der Waals surface area contributed by atoms with Crippen LogP contribution < -0.4 is 22.1 Å². The Kier molecular flexibility index (Phi) is 6.91. The van der Waals surface area contributed by atoms with Gasteiger partial charge in [-0.3, -0.25) is 14.4 Å². The molecule has 0 bridgehead atoms. The van der Waals surface area contributed by atoms with Gasteiger partial charge in [-0.2, -0.15) is 4.98 Å². The van der Waals surface area contributed by atoms with E-state index in [-0.39, 0.29) is 11.5 Å². The largest absolute Gasteiger partial charge is 0.481 e. The predicted molar refractivity (Wildman–Crippen MR) is 123 cm³/mol. The predicted octanol–water partition coefficient (Wildman–Crippen LogP) is 1.76. The highest BCUT2D eigenvalue weighted by Crippen LogP contribution is 2.26. The summed E-state index contributed by atoms with van der Waals surface area (Å²) in [6, 6.07) is 9.28. The quantitative estimate of drug-likeness (QED) is 0.278. The van der Waals surface area contributed by atoms with E-state index in [1.165, 1.54) is 0 Å². The van der Waals surface area contributed by atoms with Crippen molar-refractivity contribution in [3.05, 3.63) is 53.1 Å². The molecule has 0 aliphatic heterocycles. The molecule has 8 N–H and O–H groups in total. The summed E-state index contributed by atoms with van der Waals surface area (Å²) in [4.78, 5) is 42.4. The molecule has 0 saturated carbocycles. The second-order valence-corrected chi connectivity index (χ2v) is 7.51. The van der Waals surface area contributed by atoms with E-state index in [9.17, 15) is 14.4 Å². The summed E-state index contributed by atoms with van der Waals surface area (Å²) in [5.41, 5.74) is 15.3. The van der Waals surface area contributed by atoms with E-state index < -0.39 is 36.7 Å². The maximum Gasteiger partial charge on any atom is 0.305 e. The van der Waals surface area contributed by atoms with Crippen LogP contribution in [-0.2, 0) is 16.1 Å². The molecular weight excluding hydrogens is 428 g/mol. The Hall–Kier alpha value is -4.41. The molecule has 11 heteroatoms. The van der Waals surface area contributed by atoms with Crippen LogP contribution in [0.3, 0.4) is 0 Å². The van der Waals surface area contributed by atoms with Gasteiger partial charge in [-0.15, -0.1) is 0 Å². The lowest BCUT2D eigenvalue weighted by Crippen LogP contribution is -2.38. The first-order chi connectivity index (χ1) is 15.6. The summed E-state index contributed by atoms with van der Waals surface area (Å²) in [5, 5.41) is 24.3. The van der Waals surface area contributed by atoms with Crippen molar-refractivity contribution in [2.45, 2.75) is 32.4 Å². The molecule has 0 fully saturated rings. The fraction of sp³-hybridized carbons (Fsp3) is 0.227. The van der Waals surface area contributed by atoms with Gasteiger partial charge in [-0.05, 0) is 48.4 Å². The number of rotatable bonds is 9. The van der Waals surface area contributed by atoms with Crippen LogP contribution in [0, 0.1) is 6.92 Å². The van der Waals surface area contributed by atoms with E-state index in [0.29, 0.717) is 17.9 Å². The van der Waals surface area contributed by atoms with E-state index in [1.54, 1.807) is 24.3 Å². The van der Waals surface area contributed by atoms with Crippen molar-refractivity contribution < 1.29 is 24.6 Å². The molecule has 0 saturated heterocycles. The third-order valence-corrected chi connectivity index (χ3v) is 5.09. The summed E-state index contributed by atoms with van der Waals surface area (Å²) in [5.74, 6) is -2.50. The molecule has 1 aromatic heterocycles. The minimum atomic E-state index is -1.19. The number of carboxylic acid groups (broad SMARTS) is 2. The molecule has 0 spiro atoms. The number of hydrogen-bond donors (Lipinski definition) is 6. The Bertz CT molecular complexity index is 1200. The van der Waals surface area contributed by atoms with Gasteiger partial charge in [-0.25, -0.2) is 4.98 Å². The number of carbonyl (C=O) groups is 3. The first-order valence-electron chi connectivity index (χ1n) is 10.0. The average Bonchev–Trinajstić information content (AvgIpc) is 2.72. The molecule has 11 nitrogen and oxygen atoms in total. The maximum atomic E-state index is 12.4. The van der Waals surface area contributed by atoms with Crippen LogP contribution in [0.2, 0.25) is 0 Å². The van der Waals surface area contributed by atoms with Crippen LogP contribution in [0.4, 0.5) is 17.5 Å². The number of carbonyl (C=O) groups excluding carboxylic acids is 1. The Morgan fingerprint density at radius 3 is 2.21 bits per heavy atom. The number of aliphatic carboxylic acids is 2. The van der Waals surface area contributed by atoms with Gasteiger partial charge < -0.3 is 32.3 Å². The van der Waals surface area contributed by atoms with E-state index in [4.69, 9.17) is 21.7 Å². The number of fused-ring (bicyclic) bond motifs is 1. The zero-order chi connectivity index (χ0) is 24.1. The Morgan fingerprint density at radius 2 is 1.61 bits per heavy atom. The fourth-order valence-electron chi connectivity index (χ4n) is 3.48. The van der Waals surface area contributed by atoms with Crippen molar-refractivity contribution in [1.29, 1.82) is 0 Å². The third-order valence-electron chi connectivity index (χ3n) is 5.09. The van der Waals surface area contributed by atoms with Crippen molar-refractivity contribution in [3.63, 3.8) is 0 Å². The van der Waals surface area contributed by atoms with Gasteiger partial charge in [0.05, 0.1) is 24.4 Å². The first-order valence-corrected chi connectivity index (χ1v) is 10.0. The molecular formula is C22H24N6O5. The number of nitrogens with one attached hydrogen (secondary N) is 2. The number of hydrogen-bond acceptors (Lipinski definition) is 8. The number of nitrogens with zero attached hydrogens (tertiary/aromatic N) is 2. The highest BCUT2D eigenvalue weighted by Gasteiger charge is 2.20. The number of nitrogens with two attached hydrogens (primary N) is 2. The highest BCUT2D eigenvalue weighted by atomic mass is 16.4. The second kappa shape index (κ2) is 9.81. The third kappa shape index (κ3) is 5.85. The summed E-state index contributed by atoms with van der Waals surface area (Å²) < 4.78 is 0. The molecule has 1 heterocycles. The second-order valence-electron chi connectivity index (χ2n) is 7.51. The summed E-state index contributed by atoms with van der Waals surface area (Å²) in [6.07, 6.45) is -0.962. The van der Waals surface area contributed by atoms with Crippen molar-refractivity contribution in [2.24, 2.45) is 0 Å². The first kappa shape index (κ1) is 23.3. The lowest BCUT2D eigenvalue weighted by molar-refractivity contribution is -0.139. The van der Waals surface area contributed by atoms with Gasteiger partial charge in [0, 0.05) is 23.2 Å². The van der Waals surface area contributed by atoms with Crippen molar-refractivity contribution in [1.82, 2.24) is 15.3 Å². The molecule has 3 aromatic rings. The lowest BCUT2D eigenvalue weighted by atomic mass is 10.0. The Balaban J connectivity index is 1.67. The number of aromatic nitrogens is 2. The fourth-order valence-corrected chi connectivity index (χ4v) is 3.48. The van der Waals surface area contributed by atoms with E-state index in [2.05, 4.69) is 20.6 Å². The van der Waals surface area contributed by atoms with Crippen molar-refractivity contribution in [3.8, 4) is 0 Å². The Morgan fingerprint density at radius 1 is 0.970 bits per heavy atom. The number of nitrogen functional groups attached to an aromatic ring is 2. The van der Waals surface area contributed by atoms with E-state index in [1.807, 2.05) is 19.1 Å². The minimum Gasteiger partial charge on any atom is -0.481 e. The van der Waals surface area contributed by atoms with Crippen LogP contribution in [0.15, 0.2) is 36.4 Å². The SMILES string of the molecule is Cc1c(CNc2ccc(C(=O)NC(CC(=O)O)CC(=O)O)cc2)ccc2nc(N)nc(N)c12. The monoisotopic (exact) mass is 452 g/mol. The molecule has 33 heavy (non-hydrogen) atoms. The molecule has 1 amide bonds. The summed E-state index contributed by atoms with van der Waals surface area (Å²) in [6.45, 7) is 2.41. The van der Waals surface area contributed by atoms with E-state index >= 15 is 0 Å². The van der Waals surface area contributed by atoms with Gasteiger partial charge in [0.25, 0.3) is 5.91 Å².